The van der Waals surface area contributed by atoms with E-state index in [1.807, 2.05) is 0 Å². The molecule has 1 aromatic rings. The normalized spacial score (nSPS) is 19.7. The number of halogens is 1. The van der Waals surface area contributed by atoms with Crippen molar-refractivity contribution in [3.63, 3.8) is 0 Å². The molecule has 0 aliphatic carbocycles. The van der Waals surface area contributed by atoms with Gasteiger partial charge in [-0.3, -0.25) is 0 Å². The first-order valence-corrected chi connectivity index (χ1v) is 10.4. The summed E-state index contributed by atoms with van der Waals surface area (Å²) >= 11 is 4.48. The molecule has 0 spiro atoms. The topological polar surface area (TPSA) is 75.7 Å². The maximum Gasteiger partial charge on any atom is 0.407 e. The molecule has 9 heteroatoms. The largest absolute Gasteiger partial charge is 0.444 e. The van der Waals surface area contributed by atoms with Crippen molar-refractivity contribution < 1.29 is 17.9 Å². The number of ether oxygens (including phenoxy) is 1. The average Bonchev–Trinajstić information content (AvgIpc) is 3.03. The molecule has 1 unspecified atom stereocenters. The molecule has 1 N–H and O–H groups in total. The molecular formula is C14H21BrN2O4S2. The van der Waals surface area contributed by atoms with Crippen molar-refractivity contribution in [3.8, 4) is 0 Å². The Morgan fingerprint density at radius 1 is 1.48 bits per heavy atom. The summed E-state index contributed by atoms with van der Waals surface area (Å²) in [6.45, 7) is 6.08. The number of carbonyl (C=O) groups excluding carboxylic acids is 1. The molecular weight excluding hydrogens is 404 g/mol. The molecule has 2 rings (SSSR count). The molecule has 130 valence electrons. The van der Waals surface area contributed by atoms with Gasteiger partial charge in [-0.1, -0.05) is 0 Å². The molecule has 1 aromatic heterocycles. The highest BCUT2D eigenvalue weighted by Crippen LogP contribution is 2.32. The second kappa shape index (κ2) is 7.08. The summed E-state index contributed by atoms with van der Waals surface area (Å²) in [6, 6.07) is 3.08. The molecule has 23 heavy (non-hydrogen) atoms. The van der Waals surface area contributed by atoms with E-state index in [0.29, 0.717) is 10.8 Å². The number of amides is 1. The second-order valence-electron chi connectivity index (χ2n) is 6.35. The van der Waals surface area contributed by atoms with Gasteiger partial charge in [-0.25, -0.2) is 13.2 Å². The van der Waals surface area contributed by atoms with Crippen LogP contribution < -0.4 is 5.32 Å². The van der Waals surface area contributed by atoms with Gasteiger partial charge < -0.3 is 10.1 Å². The summed E-state index contributed by atoms with van der Waals surface area (Å²) < 4.78 is 33.2. The van der Waals surface area contributed by atoms with Crippen molar-refractivity contribution in [2.24, 2.45) is 0 Å². The first kappa shape index (κ1) is 18.7. The minimum atomic E-state index is -3.52. The van der Waals surface area contributed by atoms with E-state index >= 15 is 0 Å². The standard InChI is InChI=1S/C14H21BrN2O4S2/c1-14(2,3)21-13(18)16-9-10-5-4-8-17(10)23(19,20)12-7-6-11(15)22-12/h6-7,10H,4-5,8-9H2,1-3H3,(H,16,18). The Morgan fingerprint density at radius 3 is 2.74 bits per heavy atom. The minimum absolute atomic E-state index is 0.242. The zero-order valence-electron chi connectivity index (χ0n) is 13.3. The van der Waals surface area contributed by atoms with Crippen LogP contribution in [-0.4, -0.2) is 43.5 Å². The third kappa shape index (κ3) is 4.91. The Morgan fingerprint density at radius 2 is 2.17 bits per heavy atom. The summed E-state index contributed by atoms with van der Waals surface area (Å²) in [7, 11) is -3.52. The van der Waals surface area contributed by atoms with Gasteiger partial charge in [-0.15, -0.1) is 11.3 Å². The number of nitrogens with one attached hydrogen (secondary N) is 1. The fourth-order valence-corrected chi connectivity index (χ4v) is 6.23. The molecule has 0 radical (unpaired) electrons. The Labute approximate surface area is 149 Å². The minimum Gasteiger partial charge on any atom is -0.444 e. The maximum atomic E-state index is 12.7. The zero-order chi connectivity index (χ0) is 17.3. The summed E-state index contributed by atoms with van der Waals surface area (Å²) in [4.78, 5) is 11.7. The summed E-state index contributed by atoms with van der Waals surface area (Å²) in [5, 5.41) is 2.67. The highest BCUT2D eigenvalue weighted by molar-refractivity contribution is 9.11. The van der Waals surface area contributed by atoms with Crippen molar-refractivity contribution in [1.29, 1.82) is 0 Å². The van der Waals surface area contributed by atoms with Crippen LogP contribution in [0.15, 0.2) is 20.1 Å². The van der Waals surface area contributed by atoms with Crippen LogP contribution in [0.4, 0.5) is 4.79 Å². The Kier molecular flexibility index (Phi) is 5.76. The van der Waals surface area contributed by atoms with Gasteiger partial charge in [0.2, 0.25) is 0 Å². The lowest BCUT2D eigenvalue weighted by Crippen LogP contribution is -2.44. The third-order valence-electron chi connectivity index (χ3n) is 3.32. The predicted octanol–water partition coefficient (Wildman–Crippen LogP) is 3.19. The maximum absolute atomic E-state index is 12.7. The van der Waals surface area contributed by atoms with Crippen LogP contribution in [0.5, 0.6) is 0 Å². The molecule has 1 aliphatic rings. The number of hydrogen-bond acceptors (Lipinski definition) is 5. The van der Waals surface area contributed by atoms with Crippen LogP contribution in [0.2, 0.25) is 0 Å². The van der Waals surface area contributed by atoms with Gasteiger partial charge in [0, 0.05) is 19.1 Å². The van der Waals surface area contributed by atoms with Crippen LogP contribution in [-0.2, 0) is 14.8 Å². The fraction of sp³-hybridized carbons (Fsp3) is 0.643. The Balaban J connectivity index is 2.02. The van der Waals surface area contributed by atoms with Crippen LogP contribution in [0.3, 0.4) is 0 Å². The number of sulfonamides is 1. The van der Waals surface area contributed by atoms with Gasteiger partial charge in [0.05, 0.1) is 3.79 Å². The molecule has 0 aromatic carbocycles. The lowest BCUT2D eigenvalue weighted by atomic mass is 10.2. The molecule has 1 atom stereocenters. The SMILES string of the molecule is CC(C)(C)OC(=O)NCC1CCCN1S(=O)(=O)c1ccc(Br)s1. The van der Waals surface area contributed by atoms with Gasteiger partial charge in [0.25, 0.3) is 10.0 Å². The number of alkyl carbamates (subject to hydrolysis) is 1. The number of carbonyl (C=O) groups is 1. The van der Waals surface area contributed by atoms with Gasteiger partial charge >= 0.3 is 6.09 Å². The molecule has 1 saturated heterocycles. The van der Waals surface area contributed by atoms with Gasteiger partial charge in [-0.2, -0.15) is 4.31 Å². The van der Waals surface area contributed by atoms with Crippen molar-refractivity contribution in [3.05, 3.63) is 15.9 Å². The Hall–Kier alpha value is -0.640. The first-order chi connectivity index (χ1) is 10.6. The van der Waals surface area contributed by atoms with E-state index in [4.69, 9.17) is 4.74 Å². The molecule has 1 fully saturated rings. The number of thiophene rings is 1. The highest BCUT2D eigenvalue weighted by Gasteiger charge is 2.36. The van der Waals surface area contributed by atoms with Crippen molar-refractivity contribution in [2.45, 2.75) is 49.5 Å². The highest BCUT2D eigenvalue weighted by atomic mass is 79.9. The number of hydrogen-bond donors (Lipinski definition) is 1. The monoisotopic (exact) mass is 424 g/mol. The smallest absolute Gasteiger partial charge is 0.407 e. The van der Waals surface area contributed by atoms with Crippen LogP contribution in [0.25, 0.3) is 0 Å². The van der Waals surface area contributed by atoms with Crippen molar-refractivity contribution >= 4 is 43.4 Å². The Bertz CT molecular complexity index is 667. The summed E-state index contributed by atoms with van der Waals surface area (Å²) in [5.41, 5.74) is -0.575. The quantitative estimate of drug-likeness (QED) is 0.804. The van der Waals surface area contributed by atoms with E-state index in [1.54, 1.807) is 32.9 Å². The molecule has 2 heterocycles. The van der Waals surface area contributed by atoms with E-state index in [-0.39, 0.29) is 12.6 Å². The second-order valence-corrected chi connectivity index (χ2v) is 10.9. The summed E-state index contributed by atoms with van der Waals surface area (Å²) in [5.74, 6) is 0. The molecule has 6 nitrogen and oxygen atoms in total. The van der Waals surface area contributed by atoms with Crippen molar-refractivity contribution in [2.75, 3.05) is 13.1 Å². The lowest BCUT2D eigenvalue weighted by Gasteiger charge is -2.25. The number of nitrogens with zero attached hydrogens (tertiary/aromatic N) is 1. The molecule has 1 amide bonds. The van der Waals surface area contributed by atoms with E-state index in [9.17, 15) is 13.2 Å². The van der Waals surface area contributed by atoms with Crippen molar-refractivity contribution in [1.82, 2.24) is 9.62 Å². The van der Waals surface area contributed by atoms with Gasteiger partial charge in [-0.05, 0) is 61.7 Å². The van der Waals surface area contributed by atoms with E-state index in [1.165, 1.54) is 15.6 Å². The van der Waals surface area contributed by atoms with Crippen LogP contribution >= 0.6 is 27.3 Å². The molecule has 1 aliphatic heterocycles. The van der Waals surface area contributed by atoms with Crippen LogP contribution in [0, 0.1) is 0 Å². The summed E-state index contributed by atoms with van der Waals surface area (Å²) in [6.07, 6.45) is 0.981. The van der Waals surface area contributed by atoms with E-state index in [0.717, 1.165) is 16.6 Å². The van der Waals surface area contributed by atoms with Gasteiger partial charge in [0.15, 0.2) is 0 Å². The van der Waals surface area contributed by atoms with Crippen LogP contribution in [0.1, 0.15) is 33.6 Å². The zero-order valence-corrected chi connectivity index (χ0v) is 16.6. The fourth-order valence-electron chi connectivity index (χ4n) is 2.40. The third-order valence-corrected chi connectivity index (χ3v) is 7.36. The predicted molar refractivity (Wildman–Crippen MR) is 93.2 cm³/mol. The first-order valence-electron chi connectivity index (χ1n) is 7.33. The molecule has 0 bridgehead atoms. The average molecular weight is 425 g/mol. The van der Waals surface area contributed by atoms with Gasteiger partial charge in [0.1, 0.15) is 9.81 Å². The number of rotatable bonds is 4. The lowest BCUT2D eigenvalue weighted by molar-refractivity contribution is 0.0519. The van der Waals surface area contributed by atoms with E-state index < -0.39 is 21.7 Å². The van der Waals surface area contributed by atoms with E-state index in [2.05, 4.69) is 21.2 Å². The molecule has 0 saturated carbocycles.